The zero-order chi connectivity index (χ0) is 5.82. The Morgan fingerprint density at radius 1 is 1.75 bits per heavy atom. The lowest BCUT2D eigenvalue weighted by atomic mass is 10.5. The molecule has 1 aliphatic heterocycles. The van der Waals surface area contributed by atoms with Gasteiger partial charge in [-0.25, -0.2) is 0 Å². The molecule has 1 aliphatic rings. The highest BCUT2D eigenvalue weighted by molar-refractivity contribution is 5.81. The van der Waals surface area contributed by atoms with Crippen LogP contribution in [0.1, 0.15) is 6.42 Å². The Kier molecular flexibility index (Phi) is 1.62. The first kappa shape index (κ1) is 5.28. The minimum absolute atomic E-state index is 0.0266. The van der Waals surface area contributed by atoms with Gasteiger partial charge >= 0.3 is 0 Å². The van der Waals surface area contributed by atoms with E-state index in [9.17, 15) is 4.79 Å². The largest absolute Gasteiger partial charge is 0.354 e. The Balaban J connectivity index is 2.41. The smallest absolute Gasteiger partial charge is 0.241 e. The predicted molar refractivity (Wildman–Crippen MR) is 31.0 cm³/mol. The predicted octanol–water partition coefficient (Wildman–Crippen LogP) is -0.423. The highest BCUT2D eigenvalue weighted by Crippen LogP contribution is 1.79. The minimum Gasteiger partial charge on any atom is -0.354 e. The number of aliphatic imine (C=N–C) groups is 1. The summed E-state index contributed by atoms with van der Waals surface area (Å²) in [6, 6.07) is 0. The Bertz CT molecular complexity index is 120. The molecule has 1 rings (SSSR count). The molecular weight excluding hydrogens is 104 g/mol. The van der Waals surface area contributed by atoms with Crippen molar-refractivity contribution in [1.82, 2.24) is 5.32 Å². The average molecular weight is 112 g/mol. The van der Waals surface area contributed by atoms with Crippen molar-refractivity contribution in [2.45, 2.75) is 6.42 Å². The van der Waals surface area contributed by atoms with Crippen LogP contribution in [-0.4, -0.2) is 25.2 Å². The Morgan fingerprint density at radius 2 is 2.62 bits per heavy atom. The van der Waals surface area contributed by atoms with Gasteiger partial charge in [0.05, 0.1) is 0 Å². The maximum atomic E-state index is 10.5. The van der Waals surface area contributed by atoms with Crippen molar-refractivity contribution in [3.05, 3.63) is 0 Å². The molecule has 0 aromatic rings. The van der Waals surface area contributed by atoms with E-state index < -0.39 is 0 Å². The molecular formula is C5H8N2O. The Hall–Kier alpha value is -0.860. The van der Waals surface area contributed by atoms with E-state index in [2.05, 4.69) is 10.3 Å². The maximum absolute atomic E-state index is 10.5. The van der Waals surface area contributed by atoms with Gasteiger partial charge in [-0.2, -0.15) is 0 Å². The minimum atomic E-state index is 0.0266. The van der Waals surface area contributed by atoms with E-state index in [1.54, 1.807) is 6.21 Å². The van der Waals surface area contributed by atoms with Crippen molar-refractivity contribution >= 4 is 12.1 Å². The van der Waals surface area contributed by atoms with Crippen LogP contribution in [0.3, 0.4) is 0 Å². The summed E-state index contributed by atoms with van der Waals surface area (Å²) in [6.07, 6.45) is 2.64. The van der Waals surface area contributed by atoms with Gasteiger partial charge in [-0.15, -0.1) is 0 Å². The van der Waals surface area contributed by atoms with E-state index in [0.29, 0.717) is 6.54 Å². The number of hydrogen-bond donors (Lipinski definition) is 1. The topological polar surface area (TPSA) is 41.5 Å². The fraction of sp³-hybridized carbons (Fsp3) is 0.600. The van der Waals surface area contributed by atoms with E-state index in [1.807, 2.05) is 0 Å². The summed E-state index contributed by atoms with van der Waals surface area (Å²) in [5, 5.41) is 2.68. The maximum Gasteiger partial charge on any atom is 0.241 e. The summed E-state index contributed by atoms with van der Waals surface area (Å²) in [5.74, 6) is 0.0266. The lowest BCUT2D eigenvalue weighted by molar-refractivity contribution is -0.119. The quantitative estimate of drug-likeness (QED) is 0.454. The van der Waals surface area contributed by atoms with Crippen LogP contribution in [0.5, 0.6) is 0 Å². The van der Waals surface area contributed by atoms with Crippen molar-refractivity contribution in [3.8, 4) is 0 Å². The molecule has 0 fully saturated rings. The van der Waals surface area contributed by atoms with Crippen LogP contribution in [0.2, 0.25) is 0 Å². The van der Waals surface area contributed by atoms with E-state index in [0.717, 1.165) is 13.0 Å². The molecule has 1 amide bonds. The molecule has 0 spiro atoms. The molecule has 0 saturated carbocycles. The second-order valence-electron chi connectivity index (χ2n) is 1.66. The summed E-state index contributed by atoms with van der Waals surface area (Å²) < 4.78 is 0. The van der Waals surface area contributed by atoms with Crippen molar-refractivity contribution in [3.63, 3.8) is 0 Å². The van der Waals surface area contributed by atoms with Crippen LogP contribution in [0.15, 0.2) is 4.99 Å². The number of amides is 1. The van der Waals surface area contributed by atoms with Crippen LogP contribution in [0, 0.1) is 0 Å². The number of hydrogen-bond acceptors (Lipinski definition) is 2. The van der Waals surface area contributed by atoms with Gasteiger partial charge in [-0.1, -0.05) is 0 Å². The lowest BCUT2D eigenvalue weighted by Gasteiger charge is -1.93. The number of nitrogens with one attached hydrogen (secondary N) is 1. The molecule has 0 aromatic heterocycles. The summed E-state index contributed by atoms with van der Waals surface area (Å²) in [5.41, 5.74) is 0. The van der Waals surface area contributed by atoms with Gasteiger partial charge in [0.25, 0.3) is 0 Å². The zero-order valence-corrected chi connectivity index (χ0v) is 4.55. The van der Waals surface area contributed by atoms with E-state index >= 15 is 0 Å². The summed E-state index contributed by atoms with van der Waals surface area (Å²) >= 11 is 0. The number of rotatable bonds is 0. The van der Waals surface area contributed by atoms with E-state index in [4.69, 9.17) is 0 Å². The summed E-state index contributed by atoms with van der Waals surface area (Å²) in [6.45, 7) is 1.04. The van der Waals surface area contributed by atoms with Gasteiger partial charge in [0.1, 0.15) is 6.54 Å². The fourth-order valence-electron chi connectivity index (χ4n) is 0.571. The Labute approximate surface area is 47.8 Å². The highest BCUT2D eigenvalue weighted by Gasteiger charge is 1.98. The van der Waals surface area contributed by atoms with Crippen molar-refractivity contribution < 1.29 is 4.79 Å². The number of carbonyl (C=O) groups is 1. The van der Waals surface area contributed by atoms with Crippen LogP contribution in [0.25, 0.3) is 0 Å². The van der Waals surface area contributed by atoms with Crippen LogP contribution >= 0.6 is 0 Å². The van der Waals surface area contributed by atoms with Gasteiger partial charge in [0.15, 0.2) is 0 Å². The van der Waals surface area contributed by atoms with Gasteiger partial charge < -0.3 is 5.32 Å². The molecule has 1 N–H and O–H groups in total. The molecule has 0 aliphatic carbocycles. The van der Waals surface area contributed by atoms with E-state index in [-0.39, 0.29) is 5.91 Å². The van der Waals surface area contributed by atoms with E-state index in [1.165, 1.54) is 0 Å². The fourth-order valence-corrected chi connectivity index (χ4v) is 0.571. The molecule has 0 bridgehead atoms. The molecule has 1 heterocycles. The SMILES string of the molecule is O=C1CN=CCCN1. The van der Waals surface area contributed by atoms with Gasteiger partial charge in [-0.3, -0.25) is 9.79 Å². The van der Waals surface area contributed by atoms with Gasteiger partial charge in [-0.05, 0) is 6.42 Å². The molecule has 0 unspecified atom stereocenters. The standard InChI is InChI=1S/C5H8N2O/c8-5-4-6-2-1-3-7-5/h2H,1,3-4H2,(H,7,8). The van der Waals surface area contributed by atoms with Crippen molar-refractivity contribution in [2.75, 3.05) is 13.1 Å². The first-order valence-electron chi connectivity index (χ1n) is 2.64. The molecule has 0 radical (unpaired) electrons. The highest BCUT2D eigenvalue weighted by atomic mass is 16.1. The zero-order valence-electron chi connectivity index (χ0n) is 4.55. The third-order valence-electron chi connectivity index (χ3n) is 0.960. The average Bonchev–Trinajstić information content (AvgIpc) is 1.94. The molecule has 0 atom stereocenters. The number of nitrogens with zero attached hydrogens (tertiary/aromatic N) is 1. The lowest BCUT2D eigenvalue weighted by Crippen LogP contribution is -2.24. The third kappa shape index (κ3) is 1.33. The molecule has 8 heavy (non-hydrogen) atoms. The molecule has 0 saturated heterocycles. The van der Waals surface area contributed by atoms with Gasteiger partial charge in [0.2, 0.25) is 5.91 Å². The van der Waals surface area contributed by atoms with Crippen molar-refractivity contribution in [2.24, 2.45) is 4.99 Å². The monoisotopic (exact) mass is 112 g/mol. The first-order valence-corrected chi connectivity index (χ1v) is 2.64. The second-order valence-corrected chi connectivity index (χ2v) is 1.66. The molecule has 0 aromatic carbocycles. The molecule has 44 valence electrons. The van der Waals surface area contributed by atoms with Crippen LogP contribution in [-0.2, 0) is 4.79 Å². The van der Waals surface area contributed by atoms with Crippen LogP contribution in [0.4, 0.5) is 0 Å². The second kappa shape index (κ2) is 2.45. The molecule has 3 heteroatoms. The van der Waals surface area contributed by atoms with Crippen molar-refractivity contribution in [1.29, 1.82) is 0 Å². The van der Waals surface area contributed by atoms with Gasteiger partial charge in [0, 0.05) is 12.8 Å². The van der Waals surface area contributed by atoms with Crippen LogP contribution < -0.4 is 5.32 Å². The molecule has 3 nitrogen and oxygen atoms in total. The normalized spacial score (nSPS) is 19.8. The third-order valence-corrected chi connectivity index (χ3v) is 0.960. The summed E-state index contributed by atoms with van der Waals surface area (Å²) in [7, 11) is 0. The summed E-state index contributed by atoms with van der Waals surface area (Å²) in [4.78, 5) is 14.3. The number of carbonyl (C=O) groups excluding carboxylic acids is 1. The Morgan fingerprint density at radius 3 is 3.50 bits per heavy atom. The first-order chi connectivity index (χ1) is 3.89.